The normalized spacial score (nSPS) is 19.9. The number of rotatable bonds is 4. The van der Waals surface area contributed by atoms with Crippen molar-refractivity contribution in [2.75, 3.05) is 19.7 Å². The van der Waals surface area contributed by atoms with Crippen LogP contribution in [0, 0.1) is 0 Å². The molecule has 1 aliphatic rings. The minimum absolute atomic E-state index is 0.163. The summed E-state index contributed by atoms with van der Waals surface area (Å²) in [6.45, 7) is 1.09. The lowest BCUT2D eigenvalue weighted by molar-refractivity contribution is -0.000538. The molecule has 1 saturated heterocycles. The Morgan fingerprint density at radius 3 is 2.64 bits per heavy atom. The van der Waals surface area contributed by atoms with Crippen LogP contribution in [0.25, 0.3) is 0 Å². The van der Waals surface area contributed by atoms with Crippen LogP contribution in [0.1, 0.15) is 5.56 Å². The molecule has 6 nitrogen and oxygen atoms in total. The smallest absolute Gasteiger partial charge is 0.244 e. The van der Waals surface area contributed by atoms with E-state index in [4.69, 9.17) is 4.74 Å². The van der Waals surface area contributed by atoms with Crippen LogP contribution in [0.15, 0.2) is 53.9 Å². The highest BCUT2D eigenvalue weighted by Gasteiger charge is 2.30. The summed E-state index contributed by atoms with van der Waals surface area (Å²) < 4.78 is 32.4. The predicted octanol–water partition coefficient (Wildman–Crippen LogP) is 1.11. The van der Waals surface area contributed by atoms with Gasteiger partial charge >= 0.3 is 0 Å². The first-order valence-corrected chi connectivity index (χ1v) is 8.51. The molecule has 0 aromatic carbocycles. The van der Waals surface area contributed by atoms with Gasteiger partial charge in [0.2, 0.25) is 10.0 Å². The number of morpholine rings is 1. The van der Waals surface area contributed by atoms with E-state index in [9.17, 15) is 8.42 Å². The number of aromatic nitrogens is 2. The molecule has 0 spiro atoms. The van der Waals surface area contributed by atoms with Crippen molar-refractivity contribution in [3.63, 3.8) is 0 Å². The zero-order valence-electron chi connectivity index (χ0n) is 12.0. The Hall–Kier alpha value is -1.83. The summed E-state index contributed by atoms with van der Waals surface area (Å²) in [7, 11) is -3.51. The summed E-state index contributed by atoms with van der Waals surface area (Å²) in [4.78, 5) is 8.18. The van der Waals surface area contributed by atoms with E-state index < -0.39 is 10.0 Å². The van der Waals surface area contributed by atoms with E-state index in [-0.39, 0.29) is 11.0 Å². The molecule has 0 bridgehead atoms. The molecule has 2 aromatic rings. The molecule has 7 heteroatoms. The Morgan fingerprint density at radius 2 is 1.95 bits per heavy atom. The molecule has 1 aliphatic heterocycles. The average Bonchev–Trinajstić information content (AvgIpc) is 2.57. The molecule has 1 atom stereocenters. The zero-order chi connectivity index (χ0) is 15.4. The fraction of sp³-hybridized carbons (Fsp3) is 0.333. The average molecular weight is 319 g/mol. The third kappa shape index (κ3) is 3.32. The van der Waals surface area contributed by atoms with E-state index in [0.717, 1.165) is 5.56 Å². The van der Waals surface area contributed by atoms with Gasteiger partial charge in [-0.15, -0.1) is 0 Å². The lowest BCUT2D eigenvalue weighted by Crippen LogP contribution is -2.46. The lowest BCUT2D eigenvalue weighted by atomic mass is 10.1. The quantitative estimate of drug-likeness (QED) is 0.844. The second-order valence-corrected chi connectivity index (χ2v) is 7.05. The molecule has 22 heavy (non-hydrogen) atoms. The van der Waals surface area contributed by atoms with Gasteiger partial charge in [0.05, 0.1) is 12.7 Å². The predicted molar refractivity (Wildman–Crippen MR) is 80.7 cm³/mol. The molecule has 1 fully saturated rings. The standard InChI is InChI=1S/C15H17N3O3S/c19-22(20,15-4-2-6-17-11-15)18-7-8-21-14(12-18)9-13-3-1-5-16-10-13/h1-6,10-11,14H,7-9,12H2/t14-/m1/s1. The van der Waals surface area contributed by atoms with Crippen LogP contribution in [0.2, 0.25) is 0 Å². The van der Waals surface area contributed by atoms with Gasteiger partial charge in [-0.1, -0.05) is 6.07 Å². The third-order valence-electron chi connectivity index (χ3n) is 3.56. The molecular weight excluding hydrogens is 302 g/mol. The summed E-state index contributed by atoms with van der Waals surface area (Å²) in [6, 6.07) is 7.02. The molecule has 0 radical (unpaired) electrons. The second kappa shape index (κ2) is 6.51. The van der Waals surface area contributed by atoms with Gasteiger partial charge < -0.3 is 4.74 Å². The number of sulfonamides is 1. The zero-order valence-corrected chi connectivity index (χ0v) is 12.8. The first kappa shape index (κ1) is 15.1. The summed E-state index contributed by atoms with van der Waals surface area (Å²) in [5.74, 6) is 0. The summed E-state index contributed by atoms with van der Waals surface area (Å²) >= 11 is 0. The van der Waals surface area contributed by atoms with E-state index in [1.165, 1.54) is 10.5 Å². The summed E-state index contributed by atoms with van der Waals surface area (Å²) in [5.41, 5.74) is 1.04. The fourth-order valence-corrected chi connectivity index (χ4v) is 3.88. The minimum atomic E-state index is -3.51. The fourth-order valence-electron chi connectivity index (χ4n) is 2.46. The number of nitrogens with zero attached hydrogens (tertiary/aromatic N) is 3. The third-order valence-corrected chi connectivity index (χ3v) is 5.41. The highest BCUT2D eigenvalue weighted by molar-refractivity contribution is 7.89. The van der Waals surface area contributed by atoms with E-state index in [2.05, 4.69) is 9.97 Å². The Balaban J connectivity index is 1.73. The highest BCUT2D eigenvalue weighted by atomic mass is 32.2. The van der Waals surface area contributed by atoms with Crippen molar-refractivity contribution in [3.8, 4) is 0 Å². The van der Waals surface area contributed by atoms with Crippen molar-refractivity contribution in [2.24, 2.45) is 0 Å². The second-order valence-electron chi connectivity index (χ2n) is 5.11. The van der Waals surface area contributed by atoms with Crippen molar-refractivity contribution < 1.29 is 13.2 Å². The summed E-state index contributed by atoms with van der Waals surface area (Å²) in [6.07, 6.45) is 6.91. The molecule has 3 rings (SSSR count). The Labute approximate surface area is 129 Å². The van der Waals surface area contributed by atoms with Crippen molar-refractivity contribution in [1.82, 2.24) is 14.3 Å². The molecule has 116 valence electrons. The molecule has 0 saturated carbocycles. The largest absolute Gasteiger partial charge is 0.375 e. The van der Waals surface area contributed by atoms with Crippen LogP contribution in [-0.4, -0.2) is 48.5 Å². The van der Waals surface area contributed by atoms with Gasteiger partial charge in [-0.3, -0.25) is 9.97 Å². The highest BCUT2D eigenvalue weighted by Crippen LogP contribution is 2.19. The van der Waals surface area contributed by atoms with Crippen LogP contribution >= 0.6 is 0 Å². The van der Waals surface area contributed by atoms with E-state index in [1.54, 1.807) is 30.7 Å². The maximum atomic E-state index is 12.6. The van der Waals surface area contributed by atoms with Crippen molar-refractivity contribution in [3.05, 3.63) is 54.6 Å². The maximum absolute atomic E-state index is 12.6. The summed E-state index contributed by atoms with van der Waals surface area (Å²) in [5, 5.41) is 0. The number of pyridine rings is 2. The van der Waals surface area contributed by atoms with Crippen molar-refractivity contribution in [2.45, 2.75) is 17.4 Å². The van der Waals surface area contributed by atoms with Gasteiger partial charge in [0.1, 0.15) is 4.90 Å². The molecule has 0 amide bonds. The Kier molecular flexibility index (Phi) is 4.47. The van der Waals surface area contributed by atoms with E-state index in [0.29, 0.717) is 26.1 Å². The topological polar surface area (TPSA) is 72.4 Å². The van der Waals surface area contributed by atoms with Crippen molar-refractivity contribution in [1.29, 1.82) is 0 Å². The van der Waals surface area contributed by atoms with Crippen molar-refractivity contribution >= 4 is 10.0 Å². The van der Waals surface area contributed by atoms with Gasteiger partial charge in [0, 0.05) is 44.3 Å². The molecule has 3 heterocycles. The van der Waals surface area contributed by atoms with Gasteiger partial charge in [0.25, 0.3) is 0 Å². The van der Waals surface area contributed by atoms with Crippen LogP contribution in [0.3, 0.4) is 0 Å². The van der Waals surface area contributed by atoms with Crippen LogP contribution in [0.5, 0.6) is 0 Å². The lowest BCUT2D eigenvalue weighted by Gasteiger charge is -2.32. The monoisotopic (exact) mass is 319 g/mol. The molecule has 0 N–H and O–H groups in total. The van der Waals surface area contributed by atoms with Crippen LogP contribution in [0.4, 0.5) is 0 Å². The maximum Gasteiger partial charge on any atom is 0.244 e. The molecule has 0 unspecified atom stereocenters. The molecular formula is C15H17N3O3S. The molecule has 0 aliphatic carbocycles. The van der Waals surface area contributed by atoms with E-state index in [1.807, 2.05) is 12.1 Å². The first-order chi connectivity index (χ1) is 10.7. The molecule has 2 aromatic heterocycles. The Morgan fingerprint density at radius 1 is 1.18 bits per heavy atom. The number of hydrogen-bond acceptors (Lipinski definition) is 5. The first-order valence-electron chi connectivity index (χ1n) is 7.07. The van der Waals surface area contributed by atoms with Crippen LogP contribution < -0.4 is 0 Å². The Bertz CT molecular complexity index is 707. The van der Waals surface area contributed by atoms with Gasteiger partial charge in [-0.2, -0.15) is 4.31 Å². The van der Waals surface area contributed by atoms with Gasteiger partial charge in [-0.25, -0.2) is 8.42 Å². The number of hydrogen-bond donors (Lipinski definition) is 0. The van der Waals surface area contributed by atoms with E-state index >= 15 is 0 Å². The van der Waals surface area contributed by atoms with Crippen LogP contribution in [-0.2, 0) is 21.2 Å². The van der Waals surface area contributed by atoms with Gasteiger partial charge in [-0.05, 0) is 23.8 Å². The SMILES string of the molecule is O=S(=O)(c1cccnc1)N1CCO[C@H](Cc2cccnc2)C1. The number of ether oxygens (including phenoxy) is 1. The van der Waals surface area contributed by atoms with Gasteiger partial charge in [0.15, 0.2) is 0 Å². The minimum Gasteiger partial charge on any atom is -0.375 e.